The minimum Gasteiger partial charge on any atom is -0.481 e. The van der Waals surface area contributed by atoms with Crippen molar-refractivity contribution in [2.45, 2.75) is 26.3 Å². The van der Waals surface area contributed by atoms with Gasteiger partial charge in [0.15, 0.2) is 23.3 Å². The first-order chi connectivity index (χ1) is 12.6. The molecule has 1 amide bonds. The number of halogens is 1. The highest BCUT2D eigenvalue weighted by molar-refractivity contribution is 8.14. The number of hydrogen-bond donors (Lipinski definition) is 0. The molecule has 1 fully saturated rings. The number of aliphatic imine (C=N–C) groups is 1. The first-order valence-corrected chi connectivity index (χ1v) is 9.54. The van der Waals surface area contributed by atoms with Gasteiger partial charge in [-0.1, -0.05) is 43.0 Å². The van der Waals surface area contributed by atoms with Crippen LogP contribution in [0.15, 0.2) is 53.5 Å². The third kappa shape index (κ3) is 4.25. The molecule has 6 heteroatoms. The third-order valence-corrected chi connectivity index (χ3v) is 5.23. The lowest BCUT2D eigenvalue weighted by molar-refractivity contribution is -0.130. The molecule has 3 rings (SSSR count). The molecule has 1 saturated heterocycles. The topological polar surface area (TPSA) is 41.9 Å². The minimum absolute atomic E-state index is 0.0697. The number of para-hydroxylation sites is 1. The first-order valence-electron chi connectivity index (χ1n) is 8.56. The molecular weight excluding hydrogens is 351 g/mol. The molecule has 0 aromatic heterocycles. The molecule has 0 unspecified atom stereocenters. The van der Waals surface area contributed by atoms with Gasteiger partial charge in [-0.15, -0.1) is 0 Å². The third-order valence-electron chi connectivity index (χ3n) is 4.13. The summed E-state index contributed by atoms with van der Waals surface area (Å²) in [7, 11) is 0. The lowest BCUT2D eigenvalue weighted by atomic mass is 10.2. The summed E-state index contributed by atoms with van der Waals surface area (Å²) in [5, 5.41) is 0.671. The summed E-state index contributed by atoms with van der Waals surface area (Å²) in [6.45, 7) is 3.83. The van der Waals surface area contributed by atoms with E-state index >= 15 is 0 Å². The van der Waals surface area contributed by atoms with Gasteiger partial charge >= 0.3 is 0 Å². The van der Waals surface area contributed by atoms with E-state index in [9.17, 15) is 9.18 Å². The predicted molar refractivity (Wildman–Crippen MR) is 104 cm³/mol. The van der Waals surface area contributed by atoms with E-state index in [2.05, 4.69) is 4.99 Å². The van der Waals surface area contributed by atoms with Crippen LogP contribution < -0.4 is 4.74 Å². The summed E-state index contributed by atoms with van der Waals surface area (Å²) in [5.74, 6) is 0.193. The summed E-state index contributed by atoms with van der Waals surface area (Å²) in [6.07, 6.45) is 0.825. The van der Waals surface area contributed by atoms with E-state index in [0.717, 1.165) is 23.4 Å². The van der Waals surface area contributed by atoms with E-state index in [1.807, 2.05) is 38.1 Å². The molecule has 0 N–H and O–H groups in total. The smallest absolute Gasteiger partial charge is 0.266 e. The maximum absolute atomic E-state index is 13.7. The first kappa shape index (κ1) is 18.5. The van der Waals surface area contributed by atoms with Crippen LogP contribution in [0.25, 0.3) is 0 Å². The summed E-state index contributed by atoms with van der Waals surface area (Å²) < 4.78 is 19.1. The number of carbonyl (C=O) groups is 1. The van der Waals surface area contributed by atoms with Crippen molar-refractivity contribution in [2.75, 3.05) is 12.4 Å². The van der Waals surface area contributed by atoms with E-state index in [0.29, 0.717) is 5.17 Å². The summed E-state index contributed by atoms with van der Waals surface area (Å²) in [4.78, 5) is 19.1. The van der Waals surface area contributed by atoms with E-state index in [1.54, 1.807) is 28.8 Å². The van der Waals surface area contributed by atoms with Gasteiger partial charge in [0.1, 0.15) is 0 Å². The Morgan fingerprint density at radius 3 is 2.85 bits per heavy atom. The number of rotatable bonds is 5. The van der Waals surface area contributed by atoms with Crippen LogP contribution in [0.3, 0.4) is 0 Å². The van der Waals surface area contributed by atoms with Crippen molar-refractivity contribution >= 4 is 28.5 Å². The fourth-order valence-electron chi connectivity index (χ4n) is 2.75. The van der Waals surface area contributed by atoms with Gasteiger partial charge in [0.25, 0.3) is 5.91 Å². The van der Waals surface area contributed by atoms with Crippen LogP contribution >= 0.6 is 11.8 Å². The molecule has 0 saturated carbocycles. The summed E-state index contributed by atoms with van der Waals surface area (Å²) >= 11 is 1.56. The maximum atomic E-state index is 13.7. The quantitative estimate of drug-likeness (QED) is 0.773. The molecule has 2 aromatic rings. The average molecular weight is 372 g/mol. The number of ether oxygens (including phenoxy) is 1. The zero-order valence-corrected chi connectivity index (χ0v) is 15.6. The van der Waals surface area contributed by atoms with Crippen LogP contribution in [-0.2, 0) is 4.79 Å². The largest absolute Gasteiger partial charge is 0.481 e. The Morgan fingerprint density at radius 1 is 1.31 bits per heavy atom. The van der Waals surface area contributed by atoms with Crippen LogP contribution in [0.4, 0.5) is 10.1 Å². The Balaban J connectivity index is 1.77. The second-order valence-corrected chi connectivity index (χ2v) is 7.08. The number of amidine groups is 1. The van der Waals surface area contributed by atoms with Crippen LogP contribution in [0.5, 0.6) is 5.75 Å². The van der Waals surface area contributed by atoms with Gasteiger partial charge in [-0.25, -0.2) is 9.38 Å². The molecule has 136 valence electrons. The van der Waals surface area contributed by atoms with Crippen molar-refractivity contribution < 1.29 is 13.9 Å². The van der Waals surface area contributed by atoms with Gasteiger partial charge in [0.2, 0.25) is 0 Å². The van der Waals surface area contributed by atoms with Crippen LogP contribution in [-0.4, -0.2) is 34.4 Å². The molecule has 1 aliphatic heterocycles. The summed E-state index contributed by atoms with van der Waals surface area (Å²) in [6, 6.07) is 14.0. The van der Waals surface area contributed by atoms with Crippen molar-refractivity contribution in [3.05, 3.63) is 59.9 Å². The van der Waals surface area contributed by atoms with Crippen molar-refractivity contribution in [1.82, 2.24) is 4.90 Å². The SMILES string of the molecule is CC[C@@H]1CSC(=Nc2cccc(C)c2)N1C(=O)COc1ccccc1F. The molecule has 2 aromatic carbocycles. The maximum Gasteiger partial charge on any atom is 0.266 e. The molecule has 1 atom stereocenters. The van der Waals surface area contributed by atoms with Crippen molar-refractivity contribution in [3.8, 4) is 5.75 Å². The fourth-order valence-corrected chi connectivity index (χ4v) is 4.03. The van der Waals surface area contributed by atoms with Gasteiger partial charge in [-0.3, -0.25) is 9.69 Å². The van der Waals surface area contributed by atoms with E-state index < -0.39 is 5.82 Å². The highest BCUT2D eigenvalue weighted by Gasteiger charge is 2.34. The molecule has 0 aliphatic carbocycles. The van der Waals surface area contributed by atoms with E-state index in [4.69, 9.17) is 4.74 Å². The second kappa shape index (κ2) is 8.36. The Labute approximate surface area is 157 Å². The lowest BCUT2D eigenvalue weighted by Gasteiger charge is -2.23. The highest BCUT2D eigenvalue weighted by atomic mass is 32.2. The molecular formula is C20H21FN2O2S. The number of nitrogens with zero attached hydrogens (tertiary/aromatic N) is 2. The molecule has 1 aliphatic rings. The van der Waals surface area contributed by atoms with Crippen molar-refractivity contribution in [2.24, 2.45) is 4.99 Å². The molecule has 0 bridgehead atoms. The summed E-state index contributed by atoms with van der Waals surface area (Å²) in [5.41, 5.74) is 1.93. The van der Waals surface area contributed by atoms with Crippen molar-refractivity contribution in [3.63, 3.8) is 0 Å². The van der Waals surface area contributed by atoms with Crippen LogP contribution in [0, 0.1) is 12.7 Å². The Bertz CT molecular complexity index is 825. The Morgan fingerprint density at radius 2 is 2.12 bits per heavy atom. The average Bonchev–Trinajstić information content (AvgIpc) is 3.03. The molecule has 1 heterocycles. The Hall–Kier alpha value is -2.34. The zero-order chi connectivity index (χ0) is 18.5. The van der Waals surface area contributed by atoms with Crippen LogP contribution in [0.1, 0.15) is 18.9 Å². The number of benzene rings is 2. The highest BCUT2D eigenvalue weighted by Crippen LogP contribution is 2.29. The molecule has 0 radical (unpaired) electrons. The minimum atomic E-state index is -0.475. The second-order valence-electron chi connectivity index (χ2n) is 6.09. The number of amides is 1. The lowest BCUT2D eigenvalue weighted by Crippen LogP contribution is -2.41. The van der Waals surface area contributed by atoms with Gasteiger partial charge in [0, 0.05) is 11.8 Å². The van der Waals surface area contributed by atoms with Gasteiger partial charge in [-0.05, 0) is 43.2 Å². The monoisotopic (exact) mass is 372 g/mol. The van der Waals surface area contributed by atoms with Crippen molar-refractivity contribution in [1.29, 1.82) is 0 Å². The number of aryl methyl sites for hydroxylation is 1. The molecule has 0 spiro atoms. The number of hydrogen-bond acceptors (Lipinski definition) is 4. The van der Waals surface area contributed by atoms with E-state index in [-0.39, 0.29) is 24.3 Å². The number of thioether (sulfide) groups is 1. The molecule has 26 heavy (non-hydrogen) atoms. The Kier molecular flexibility index (Phi) is 5.93. The fraction of sp³-hybridized carbons (Fsp3) is 0.300. The predicted octanol–water partition coefficient (Wildman–Crippen LogP) is 4.55. The molecule has 4 nitrogen and oxygen atoms in total. The number of carbonyl (C=O) groups excluding carboxylic acids is 1. The zero-order valence-electron chi connectivity index (χ0n) is 14.8. The standard InChI is InChI=1S/C20H21FN2O2S/c1-3-16-13-26-20(22-15-8-6-7-14(2)11-15)23(16)19(24)12-25-18-10-5-4-9-17(18)21/h4-11,16H,3,12-13H2,1-2H3/t16-/m1/s1. The van der Waals surface area contributed by atoms with Gasteiger partial charge in [-0.2, -0.15) is 0 Å². The van der Waals surface area contributed by atoms with Gasteiger partial charge in [0.05, 0.1) is 5.69 Å². The normalized spacial score (nSPS) is 18.3. The van der Waals surface area contributed by atoms with Crippen LogP contribution in [0.2, 0.25) is 0 Å². The van der Waals surface area contributed by atoms with E-state index in [1.165, 1.54) is 12.1 Å². The van der Waals surface area contributed by atoms with Gasteiger partial charge < -0.3 is 4.74 Å².